The number of thioether (sulfide) groups is 1. The molecule has 0 amide bonds. The van der Waals surface area contributed by atoms with Crippen molar-refractivity contribution in [1.82, 2.24) is 14.9 Å². The molecule has 0 radical (unpaired) electrons. The van der Waals surface area contributed by atoms with Crippen LogP contribution in [0.4, 0.5) is 0 Å². The fraction of sp³-hybridized carbons (Fsp3) is 0.727. The summed E-state index contributed by atoms with van der Waals surface area (Å²) in [5, 5.41) is 4.51. The van der Waals surface area contributed by atoms with Crippen LogP contribution in [0.25, 0.3) is 0 Å². The number of aromatic nitrogens is 2. The Bertz CT molecular complexity index is 337. The van der Waals surface area contributed by atoms with Gasteiger partial charge in [-0.15, -0.1) is 0 Å². The van der Waals surface area contributed by atoms with Crippen LogP contribution in [0.3, 0.4) is 0 Å². The molecule has 1 N–H and O–H groups in total. The number of hydrogen-bond acceptors (Lipinski definition) is 4. The molecule has 16 heavy (non-hydrogen) atoms. The van der Waals surface area contributed by atoms with Crippen molar-refractivity contribution in [3.63, 3.8) is 0 Å². The lowest BCUT2D eigenvalue weighted by Crippen LogP contribution is -2.33. The van der Waals surface area contributed by atoms with E-state index in [1.54, 1.807) is 0 Å². The van der Waals surface area contributed by atoms with Crippen LogP contribution < -0.4 is 5.32 Å². The molecular weight excluding hydrogens is 222 g/mol. The highest BCUT2D eigenvalue weighted by Gasteiger charge is 2.21. The van der Waals surface area contributed by atoms with Crippen LogP contribution in [-0.2, 0) is 11.3 Å². The molecule has 3 rings (SSSR count). The molecule has 5 heteroatoms. The zero-order valence-corrected chi connectivity index (χ0v) is 10.1. The molecule has 1 atom stereocenters. The molecule has 0 aromatic carbocycles. The average molecular weight is 239 g/mol. The van der Waals surface area contributed by atoms with E-state index in [4.69, 9.17) is 9.72 Å². The molecule has 1 unspecified atom stereocenters. The molecular formula is C11H17N3OS. The SMILES string of the molecule is c1c(C2CNCCO2)nc2n1CCCCS2. The normalized spacial score (nSPS) is 26.1. The molecule has 1 aromatic rings. The minimum atomic E-state index is 0.147. The van der Waals surface area contributed by atoms with Crippen LogP contribution in [0.1, 0.15) is 24.6 Å². The Hall–Kier alpha value is -0.520. The zero-order chi connectivity index (χ0) is 10.8. The third-order valence-electron chi connectivity index (χ3n) is 3.04. The summed E-state index contributed by atoms with van der Waals surface area (Å²) in [6, 6.07) is 0. The van der Waals surface area contributed by atoms with Gasteiger partial charge in [-0.05, 0) is 12.8 Å². The van der Waals surface area contributed by atoms with Crippen molar-refractivity contribution < 1.29 is 4.74 Å². The van der Waals surface area contributed by atoms with E-state index in [0.717, 1.165) is 31.9 Å². The van der Waals surface area contributed by atoms with Gasteiger partial charge in [0.05, 0.1) is 12.3 Å². The van der Waals surface area contributed by atoms with Crippen molar-refractivity contribution in [3.05, 3.63) is 11.9 Å². The van der Waals surface area contributed by atoms with Gasteiger partial charge in [0.15, 0.2) is 5.16 Å². The van der Waals surface area contributed by atoms with Gasteiger partial charge in [0.2, 0.25) is 0 Å². The second kappa shape index (κ2) is 4.77. The minimum Gasteiger partial charge on any atom is -0.369 e. The van der Waals surface area contributed by atoms with E-state index in [1.165, 1.54) is 23.8 Å². The lowest BCUT2D eigenvalue weighted by Gasteiger charge is -2.21. The van der Waals surface area contributed by atoms with Crippen LogP contribution in [0.15, 0.2) is 11.4 Å². The second-order valence-electron chi connectivity index (χ2n) is 4.26. The van der Waals surface area contributed by atoms with Gasteiger partial charge >= 0.3 is 0 Å². The van der Waals surface area contributed by atoms with E-state index >= 15 is 0 Å². The third kappa shape index (κ3) is 2.12. The quantitative estimate of drug-likeness (QED) is 0.804. The van der Waals surface area contributed by atoms with E-state index in [0.29, 0.717) is 0 Å². The number of imidazole rings is 1. The first-order valence-corrected chi connectivity index (χ1v) is 6.94. The van der Waals surface area contributed by atoms with Gasteiger partial charge in [-0.1, -0.05) is 11.8 Å². The lowest BCUT2D eigenvalue weighted by molar-refractivity contribution is 0.0250. The van der Waals surface area contributed by atoms with Gasteiger partial charge in [-0.2, -0.15) is 0 Å². The fourth-order valence-corrected chi connectivity index (χ4v) is 3.16. The van der Waals surface area contributed by atoms with Gasteiger partial charge in [0, 0.05) is 31.6 Å². The molecule has 2 aliphatic rings. The Balaban J connectivity index is 1.80. The Morgan fingerprint density at radius 1 is 1.50 bits per heavy atom. The fourth-order valence-electron chi connectivity index (χ4n) is 2.15. The molecule has 2 aliphatic heterocycles. The summed E-state index contributed by atoms with van der Waals surface area (Å²) in [5.74, 6) is 1.19. The van der Waals surface area contributed by atoms with Gasteiger partial charge < -0.3 is 14.6 Å². The molecule has 0 spiro atoms. The summed E-state index contributed by atoms with van der Waals surface area (Å²) in [6.07, 6.45) is 4.88. The number of aryl methyl sites for hydroxylation is 1. The van der Waals surface area contributed by atoms with Crippen molar-refractivity contribution in [2.75, 3.05) is 25.4 Å². The largest absolute Gasteiger partial charge is 0.369 e. The van der Waals surface area contributed by atoms with Crippen molar-refractivity contribution in [3.8, 4) is 0 Å². The Morgan fingerprint density at radius 3 is 3.38 bits per heavy atom. The van der Waals surface area contributed by atoms with Gasteiger partial charge in [-0.3, -0.25) is 0 Å². The first-order chi connectivity index (χ1) is 7.93. The predicted octanol–water partition coefficient (Wildman–Crippen LogP) is 1.43. The van der Waals surface area contributed by atoms with Crippen LogP contribution >= 0.6 is 11.8 Å². The minimum absolute atomic E-state index is 0.147. The summed E-state index contributed by atoms with van der Waals surface area (Å²) in [5.41, 5.74) is 1.09. The summed E-state index contributed by atoms with van der Waals surface area (Å²) >= 11 is 1.87. The van der Waals surface area contributed by atoms with Crippen molar-refractivity contribution >= 4 is 11.8 Å². The second-order valence-corrected chi connectivity index (χ2v) is 5.32. The zero-order valence-electron chi connectivity index (χ0n) is 9.32. The highest BCUT2D eigenvalue weighted by atomic mass is 32.2. The van der Waals surface area contributed by atoms with Crippen molar-refractivity contribution in [2.24, 2.45) is 0 Å². The number of ether oxygens (including phenoxy) is 1. The maximum Gasteiger partial charge on any atom is 0.168 e. The van der Waals surface area contributed by atoms with Gasteiger partial charge in [0.1, 0.15) is 6.10 Å². The molecule has 0 saturated carbocycles. The first-order valence-electron chi connectivity index (χ1n) is 5.96. The summed E-state index contributed by atoms with van der Waals surface area (Å²) in [6.45, 7) is 3.75. The standard InChI is InChI=1S/C11H17N3OS/c1-2-6-16-11-13-9(8-14(11)4-1)10-7-12-3-5-15-10/h8,10,12H,1-7H2. The number of fused-ring (bicyclic) bond motifs is 1. The van der Waals surface area contributed by atoms with Crippen LogP contribution in [0, 0.1) is 0 Å². The summed E-state index contributed by atoms with van der Waals surface area (Å²) in [7, 11) is 0. The monoisotopic (exact) mass is 239 g/mol. The smallest absolute Gasteiger partial charge is 0.168 e. The maximum atomic E-state index is 5.73. The number of hydrogen-bond donors (Lipinski definition) is 1. The number of nitrogens with one attached hydrogen (secondary N) is 1. The molecule has 0 bridgehead atoms. The summed E-state index contributed by atoms with van der Waals surface area (Å²) in [4.78, 5) is 4.70. The number of rotatable bonds is 1. The predicted molar refractivity (Wildman–Crippen MR) is 63.7 cm³/mol. The molecule has 1 saturated heterocycles. The number of nitrogens with zero attached hydrogens (tertiary/aromatic N) is 2. The van der Waals surface area contributed by atoms with Crippen molar-refractivity contribution in [2.45, 2.75) is 30.6 Å². The van der Waals surface area contributed by atoms with Crippen LogP contribution in [0.2, 0.25) is 0 Å². The Labute approximate surface area is 99.8 Å². The molecule has 4 nitrogen and oxygen atoms in total. The summed E-state index contributed by atoms with van der Waals surface area (Å²) < 4.78 is 8.01. The highest BCUT2D eigenvalue weighted by molar-refractivity contribution is 7.99. The van der Waals surface area contributed by atoms with Crippen molar-refractivity contribution in [1.29, 1.82) is 0 Å². The van der Waals surface area contributed by atoms with Crippen LogP contribution in [0.5, 0.6) is 0 Å². The van der Waals surface area contributed by atoms with Gasteiger partial charge in [-0.25, -0.2) is 4.98 Å². The van der Waals surface area contributed by atoms with E-state index in [1.807, 2.05) is 11.8 Å². The molecule has 0 aliphatic carbocycles. The van der Waals surface area contributed by atoms with E-state index in [-0.39, 0.29) is 6.10 Å². The lowest BCUT2D eigenvalue weighted by atomic mass is 10.2. The Kier molecular flexibility index (Phi) is 3.17. The van der Waals surface area contributed by atoms with E-state index in [9.17, 15) is 0 Å². The molecule has 1 fully saturated rings. The highest BCUT2D eigenvalue weighted by Crippen LogP contribution is 2.26. The van der Waals surface area contributed by atoms with Gasteiger partial charge in [0.25, 0.3) is 0 Å². The Morgan fingerprint density at radius 2 is 2.50 bits per heavy atom. The molecule has 3 heterocycles. The molecule has 88 valence electrons. The third-order valence-corrected chi connectivity index (χ3v) is 4.12. The maximum absolute atomic E-state index is 5.73. The topological polar surface area (TPSA) is 39.1 Å². The average Bonchev–Trinajstić information content (AvgIpc) is 2.62. The molecule has 1 aromatic heterocycles. The van der Waals surface area contributed by atoms with E-state index in [2.05, 4.69) is 16.1 Å². The number of morpholine rings is 1. The first kappa shape index (κ1) is 10.6. The van der Waals surface area contributed by atoms with E-state index < -0.39 is 0 Å². The van der Waals surface area contributed by atoms with Crippen LogP contribution in [-0.4, -0.2) is 35.0 Å².